The largest absolute Gasteiger partial charge is 0.398 e. The maximum Gasteiger partial charge on any atom is 0.243 e. The molecule has 7 nitrogen and oxygen atoms in total. The molecule has 19 heavy (non-hydrogen) atoms. The van der Waals surface area contributed by atoms with Crippen LogP contribution in [0.2, 0.25) is 0 Å². The Bertz CT molecular complexity index is 699. The topological polar surface area (TPSA) is 111 Å². The molecule has 0 saturated carbocycles. The van der Waals surface area contributed by atoms with Crippen molar-refractivity contribution < 1.29 is 17.3 Å². The molecule has 3 N–H and O–H groups in total. The van der Waals surface area contributed by atoms with Gasteiger partial charge in [-0.2, -0.15) is 4.98 Å². The van der Waals surface area contributed by atoms with E-state index in [1.807, 2.05) is 0 Å². The van der Waals surface area contributed by atoms with Gasteiger partial charge in [-0.05, 0) is 18.2 Å². The van der Waals surface area contributed by atoms with Crippen LogP contribution in [-0.2, 0) is 16.6 Å². The van der Waals surface area contributed by atoms with Gasteiger partial charge in [0.1, 0.15) is 10.7 Å². The van der Waals surface area contributed by atoms with Crippen molar-refractivity contribution in [3.05, 3.63) is 35.7 Å². The molecule has 0 atom stereocenters. The van der Waals surface area contributed by atoms with Crippen LogP contribution in [0.1, 0.15) is 11.7 Å². The van der Waals surface area contributed by atoms with Gasteiger partial charge in [0, 0.05) is 6.92 Å². The number of hydrogen-bond donors (Lipinski definition) is 2. The van der Waals surface area contributed by atoms with Crippen LogP contribution in [0.5, 0.6) is 0 Å². The van der Waals surface area contributed by atoms with Crippen molar-refractivity contribution in [2.24, 2.45) is 0 Å². The summed E-state index contributed by atoms with van der Waals surface area (Å²) in [5.74, 6) is -0.0810. The van der Waals surface area contributed by atoms with Crippen molar-refractivity contribution in [2.45, 2.75) is 18.4 Å². The van der Waals surface area contributed by atoms with Crippen LogP contribution in [0.3, 0.4) is 0 Å². The van der Waals surface area contributed by atoms with Crippen molar-refractivity contribution in [1.82, 2.24) is 14.9 Å². The molecule has 0 fully saturated rings. The number of hydrogen-bond acceptors (Lipinski definition) is 6. The van der Waals surface area contributed by atoms with Gasteiger partial charge in [-0.1, -0.05) is 5.16 Å². The van der Waals surface area contributed by atoms with Crippen LogP contribution in [0.4, 0.5) is 10.1 Å². The molecule has 0 bridgehead atoms. The number of nitrogens with two attached hydrogens (primary N) is 1. The van der Waals surface area contributed by atoms with Crippen LogP contribution in [0.25, 0.3) is 0 Å². The molecule has 0 radical (unpaired) electrons. The third-order valence-corrected chi connectivity index (χ3v) is 3.73. The standard InChI is InChI=1S/C10H11FN4O3S/c1-6-14-10(15-18-6)5-13-19(16,17)9-3-2-7(11)4-8(9)12/h2-4,13H,5,12H2,1H3. The smallest absolute Gasteiger partial charge is 0.243 e. The highest BCUT2D eigenvalue weighted by atomic mass is 32.2. The van der Waals surface area contributed by atoms with E-state index >= 15 is 0 Å². The van der Waals surface area contributed by atoms with Crippen LogP contribution in [0.15, 0.2) is 27.6 Å². The Labute approximate surface area is 108 Å². The molecular formula is C10H11FN4O3S. The Morgan fingerprint density at radius 2 is 2.21 bits per heavy atom. The second-order valence-corrected chi connectivity index (χ2v) is 5.47. The summed E-state index contributed by atoms with van der Waals surface area (Å²) in [5.41, 5.74) is 5.30. The number of nitrogens with one attached hydrogen (secondary N) is 1. The van der Waals surface area contributed by atoms with E-state index in [1.54, 1.807) is 6.92 Å². The molecule has 9 heteroatoms. The number of anilines is 1. The molecule has 1 aromatic carbocycles. The normalized spacial score (nSPS) is 11.7. The summed E-state index contributed by atoms with van der Waals surface area (Å²) in [5, 5.41) is 3.54. The number of nitrogen functional groups attached to an aromatic ring is 1. The fourth-order valence-corrected chi connectivity index (χ4v) is 2.51. The van der Waals surface area contributed by atoms with Crippen LogP contribution >= 0.6 is 0 Å². The molecule has 1 aromatic heterocycles. The van der Waals surface area contributed by atoms with E-state index in [1.165, 1.54) is 0 Å². The summed E-state index contributed by atoms with van der Waals surface area (Å²) in [7, 11) is -3.86. The minimum atomic E-state index is -3.86. The number of benzene rings is 1. The Hall–Kier alpha value is -2.00. The van der Waals surface area contributed by atoms with E-state index < -0.39 is 15.8 Å². The summed E-state index contributed by atoms with van der Waals surface area (Å²) in [6.45, 7) is 1.44. The predicted molar refractivity (Wildman–Crippen MR) is 63.9 cm³/mol. The van der Waals surface area contributed by atoms with Gasteiger partial charge in [-0.3, -0.25) is 0 Å². The molecule has 0 unspecified atom stereocenters. The third-order valence-electron chi connectivity index (χ3n) is 2.25. The van der Waals surface area contributed by atoms with Gasteiger partial charge >= 0.3 is 0 Å². The number of nitrogens with zero attached hydrogens (tertiary/aromatic N) is 2. The molecule has 0 aliphatic heterocycles. The number of aryl methyl sites for hydroxylation is 1. The van der Waals surface area contributed by atoms with Crippen LogP contribution in [0, 0.1) is 12.7 Å². The van der Waals surface area contributed by atoms with E-state index in [0.29, 0.717) is 5.89 Å². The molecule has 0 aliphatic rings. The summed E-state index contributed by atoms with van der Waals surface area (Å²) in [6, 6.07) is 3.05. The van der Waals surface area contributed by atoms with Gasteiger partial charge in [-0.15, -0.1) is 0 Å². The quantitative estimate of drug-likeness (QED) is 0.795. The summed E-state index contributed by atoms with van der Waals surface area (Å²) >= 11 is 0. The molecule has 0 spiro atoms. The zero-order valence-electron chi connectivity index (χ0n) is 9.92. The maximum absolute atomic E-state index is 12.9. The first-order chi connectivity index (χ1) is 8.88. The Kier molecular flexibility index (Phi) is 3.49. The zero-order chi connectivity index (χ0) is 14.0. The van der Waals surface area contributed by atoms with Crippen molar-refractivity contribution >= 4 is 15.7 Å². The molecule has 102 valence electrons. The maximum atomic E-state index is 12.9. The van der Waals surface area contributed by atoms with Gasteiger partial charge in [0.15, 0.2) is 5.82 Å². The average molecular weight is 286 g/mol. The lowest BCUT2D eigenvalue weighted by atomic mass is 10.3. The highest BCUT2D eigenvalue weighted by Crippen LogP contribution is 2.19. The lowest BCUT2D eigenvalue weighted by molar-refractivity contribution is 0.387. The fraction of sp³-hybridized carbons (Fsp3) is 0.200. The molecular weight excluding hydrogens is 275 g/mol. The number of sulfonamides is 1. The summed E-state index contributed by atoms with van der Waals surface area (Å²) in [4.78, 5) is 3.65. The van der Waals surface area contributed by atoms with Crippen molar-refractivity contribution in [1.29, 1.82) is 0 Å². The minimum Gasteiger partial charge on any atom is -0.398 e. The third kappa shape index (κ3) is 3.06. The Morgan fingerprint density at radius 1 is 1.47 bits per heavy atom. The average Bonchev–Trinajstić information content (AvgIpc) is 2.72. The first-order valence-corrected chi connectivity index (χ1v) is 6.71. The second-order valence-electron chi connectivity index (χ2n) is 3.74. The van der Waals surface area contributed by atoms with E-state index in [9.17, 15) is 12.8 Å². The lowest BCUT2D eigenvalue weighted by Gasteiger charge is -2.07. The van der Waals surface area contributed by atoms with Gasteiger partial charge in [-0.25, -0.2) is 17.5 Å². The molecule has 2 rings (SSSR count). The molecule has 0 saturated heterocycles. The second kappa shape index (κ2) is 4.94. The van der Waals surface area contributed by atoms with Crippen molar-refractivity contribution in [2.75, 3.05) is 5.73 Å². The predicted octanol–water partition coefficient (Wildman–Crippen LogP) is 0.578. The first-order valence-electron chi connectivity index (χ1n) is 5.22. The van der Waals surface area contributed by atoms with E-state index in [2.05, 4.69) is 14.9 Å². The molecule has 2 aromatic rings. The molecule has 1 heterocycles. The van der Waals surface area contributed by atoms with E-state index in [0.717, 1.165) is 18.2 Å². The minimum absolute atomic E-state index is 0.142. The fourth-order valence-electron chi connectivity index (χ4n) is 1.41. The Balaban J connectivity index is 2.18. The number of halogens is 1. The molecule has 0 aliphatic carbocycles. The van der Waals surface area contributed by atoms with Gasteiger partial charge < -0.3 is 10.3 Å². The highest BCUT2D eigenvalue weighted by Gasteiger charge is 2.18. The van der Waals surface area contributed by atoms with E-state index in [-0.39, 0.29) is 23.0 Å². The first kappa shape index (κ1) is 13.4. The van der Waals surface area contributed by atoms with Crippen molar-refractivity contribution in [3.63, 3.8) is 0 Å². The van der Waals surface area contributed by atoms with Gasteiger partial charge in [0.05, 0.1) is 12.2 Å². The van der Waals surface area contributed by atoms with Crippen molar-refractivity contribution in [3.8, 4) is 0 Å². The van der Waals surface area contributed by atoms with Gasteiger partial charge in [0.25, 0.3) is 0 Å². The number of rotatable bonds is 4. The number of aromatic nitrogens is 2. The summed E-state index contributed by atoms with van der Waals surface area (Å²) in [6.07, 6.45) is 0. The lowest BCUT2D eigenvalue weighted by Crippen LogP contribution is -2.24. The Morgan fingerprint density at radius 3 is 2.79 bits per heavy atom. The van der Waals surface area contributed by atoms with Crippen LogP contribution < -0.4 is 10.5 Å². The molecule has 0 amide bonds. The monoisotopic (exact) mass is 286 g/mol. The van der Waals surface area contributed by atoms with Gasteiger partial charge in [0.2, 0.25) is 15.9 Å². The van der Waals surface area contributed by atoms with Crippen LogP contribution in [-0.4, -0.2) is 18.6 Å². The zero-order valence-corrected chi connectivity index (χ0v) is 10.7. The SMILES string of the molecule is Cc1nc(CNS(=O)(=O)c2ccc(F)cc2N)no1. The van der Waals surface area contributed by atoms with E-state index in [4.69, 9.17) is 10.3 Å². The summed E-state index contributed by atoms with van der Waals surface area (Å²) < 4.78 is 43.7. The highest BCUT2D eigenvalue weighted by molar-refractivity contribution is 7.89.